The van der Waals surface area contributed by atoms with Gasteiger partial charge in [-0.05, 0) is 31.1 Å². The Morgan fingerprint density at radius 3 is 2.69 bits per heavy atom. The fraction of sp³-hybridized carbons (Fsp3) is 0.526. The molecule has 7 heteroatoms. The maximum atomic E-state index is 12.3. The predicted octanol–water partition coefficient (Wildman–Crippen LogP) is 3.54. The van der Waals surface area contributed by atoms with Crippen molar-refractivity contribution in [1.82, 2.24) is 15.1 Å². The summed E-state index contributed by atoms with van der Waals surface area (Å²) in [6.45, 7) is 3.03. The first-order valence-corrected chi connectivity index (χ1v) is 10.2. The van der Waals surface area contributed by atoms with E-state index >= 15 is 0 Å². The number of amides is 1. The molecule has 1 aliphatic heterocycles. The number of nitrogens with zero attached hydrogens (tertiary/aromatic N) is 4. The molecule has 2 aromatic heterocycles. The van der Waals surface area contributed by atoms with E-state index in [2.05, 4.69) is 15.1 Å². The van der Waals surface area contributed by atoms with E-state index in [0.717, 1.165) is 18.2 Å². The minimum atomic E-state index is 0.0289. The highest BCUT2D eigenvalue weighted by Crippen LogP contribution is 2.36. The molecule has 0 radical (unpaired) electrons. The van der Waals surface area contributed by atoms with Crippen LogP contribution < -0.4 is 4.90 Å². The lowest BCUT2D eigenvalue weighted by atomic mass is 9.90. The van der Waals surface area contributed by atoms with Crippen LogP contribution in [0.25, 0.3) is 6.08 Å². The number of hydrogen-bond acceptors (Lipinski definition) is 6. The quantitative estimate of drug-likeness (QED) is 0.768. The Bertz CT molecular complexity index is 741. The Kier molecular flexibility index (Phi) is 5.34. The lowest BCUT2D eigenvalue weighted by Crippen LogP contribution is -2.48. The van der Waals surface area contributed by atoms with E-state index in [1.54, 1.807) is 29.8 Å². The molecule has 0 atom stereocenters. The third kappa shape index (κ3) is 3.98. The number of carbonyl (C=O) groups excluding carboxylic acids is 1. The van der Waals surface area contributed by atoms with Gasteiger partial charge in [0.1, 0.15) is 10.8 Å². The Hall–Kier alpha value is -2.15. The van der Waals surface area contributed by atoms with Gasteiger partial charge in [-0.15, -0.1) is 10.2 Å². The van der Waals surface area contributed by atoms with Gasteiger partial charge in [0, 0.05) is 38.2 Å². The van der Waals surface area contributed by atoms with Gasteiger partial charge in [0.15, 0.2) is 0 Å². The molecule has 0 bridgehead atoms. The molecule has 0 aromatic carbocycles. The summed E-state index contributed by atoms with van der Waals surface area (Å²) in [4.78, 5) is 16.4. The Labute approximate surface area is 157 Å². The molecular weight excluding hydrogens is 348 g/mol. The second-order valence-electron chi connectivity index (χ2n) is 6.92. The highest BCUT2D eigenvalue weighted by molar-refractivity contribution is 7.15. The summed E-state index contributed by atoms with van der Waals surface area (Å²) >= 11 is 1.74. The van der Waals surface area contributed by atoms with E-state index in [-0.39, 0.29) is 5.91 Å². The summed E-state index contributed by atoms with van der Waals surface area (Å²) in [6.07, 6.45) is 11.4. The third-order valence-corrected chi connectivity index (χ3v) is 6.33. The van der Waals surface area contributed by atoms with Crippen molar-refractivity contribution in [2.24, 2.45) is 0 Å². The molecule has 6 nitrogen and oxygen atoms in total. The molecule has 1 amide bonds. The molecule has 1 saturated heterocycles. The van der Waals surface area contributed by atoms with Gasteiger partial charge in [-0.2, -0.15) is 0 Å². The zero-order valence-corrected chi connectivity index (χ0v) is 15.7. The molecule has 4 rings (SSSR count). The maximum absolute atomic E-state index is 12.3. The maximum Gasteiger partial charge on any atom is 0.246 e. The molecule has 2 fully saturated rings. The normalized spacial score (nSPS) is 19.4. The number of furan rings is 1. The molecule has 3 heterocycles. The van der Waals surface area contributed by atoms with Gasteiger partial charge in [0.25, 0.3) is 0 Å². The summed E-state index contributed by atoms with van der Waals surface area (Å²) < 4.78 is 5.22. The first-order chi connectivity index (χ1) is 12.8. The number of piperazine rings is 1. The zero-order valence-electron chi connectivity index (χ0n) is 14.8. The van der Waals surface area contributed by atoms with Gasteiger partial charge >= 0.3 is 0 Å². The predicted molar refractivity (Wildman–Crippen MR) is 102 cm³/mol. The summed E-state index contributed by atoms with van der Waals surface area (Å²) in [7, 11) is 0. The minimum Gasteiger partial charge on any atom is -0.465 e. The van der Waals surface area contributed by atoms with Crippen molar-refractivity contribution in [2.75, 3.05) is 31.1 Å². The second kappa shape index (κ2) is 8.03. The third-order valence-electron chi connectivity index (χ3n) is 5.18. The van der Waals surface area contributed by atoms with Gasteiger partial charge in [-0.1, -0.05) is 30.6 Å². The highest BCUT2D eigenvalue weighted by Gasteiger charge is 2.24. The topological polar surface area (TPSA) is 62.5 Å². The van der Waals surface area contributed by atoms with Gasteiger partial charge in [0.05, 0.1) is 6.26 Å². The molecule has 0 N–H and O–H groups in total. The molecule has 2 aromatic rings. The molecule has 1 aliphatic carbocycles. The Morgan fingerprint density at radius 1 is 1.15 bits per heavy atom. The van der Waals surface area contributed by atoms with Crippen LogP contribution in [0.15, 0.2) is 28.9 Å². The van der Waals surface area contributed by atoms with E-state index in [1.165, 1.54) is 37.1 Å². The molecule has 0 unspecified atom stereocenters. The minimum absolute atomic E-state index is 0.0289. The van der Waals surface area contributed by atoms with Crippen molar-refractivity contribution >= 4 is 28.5 Å². The highest BCUT2D eigenvalue weighted by atomic mass is 32.1. The molecule has 0 spiro atoms. The largest absolute Gasteiger partial charge is 0.465 e. The average Bonchev–Trinajstić information content (AvgIpc) is 3.39. The number of aromatic nitrogens is 2. The lowest BCUT2D eigenvalue weighted by Gasteiger charge is -2.33. The van der Waals surface area contributed by atoms with Crippen LogP contribution >= 0.6 is 11.3 Å². The van der Waals surface area contributed by atoms with E-state index in [0.29, 0.717) is 24.8 Å². The van der Waals surface area contributed by atoms with Crippen LogP contribution in [0.3, 0.4) is 0 Å². The molecule has 26 heavy (non-hydrogen) atoms. The zero-order chi connectivity index (χ0) is 17.8. The summed E-state index contributed by atoms with van der Waals surface area (Å²) in [5.74, 6) is 1.33. The number of hydrogen-bond donors (Lipinski definition) is 0. The van der Waals surface area contributed by atoms with Crippen LogP contribution in [-0.4, -0.2) is 47.2 Å². The molecular formula is C19H24N4O2S. The van der Waals surface area contributed by atoms with Gasteiger partial charge in [-0.3, -0.25) is 4.79 Å². The van der Waals surface area contributed by atoms with Crippen LogP contribution in [0.1, 0.15) is 48.8 Å². The number of carbonyl (C=O) groups is 1. The Morgan fingerprint density at radius 2 is 1.96 bits per heavy atom. The SMILES string of the molecule is O=C(/C=C/c1ccco1)N1CCN(c2nnc(C3CCCCC3)s2)CC1. The second-order valence-corrected chi connectivity index (χ2v) is 7.91. The first kappa shape index (κ1) is 17.3. The first-order valence-electron chi connectivity index (χ1n) is 9.38. The van der Waals surface area contributed by atoms with Crippen LogP contribution in [0.5, 0.6) is 0 Å². The van der Waals surface area contributed by atoms with Crippen LogP contribution in [0, 0.1) is 0 Å². The van der Waals surface area contributed by atoms with E-state index < -0.39 is 0 Å². The van der Waals surface area contributed by atoms with E-state index in [4.69, 9.17) is 4.42 Å². The fourth-order valence-corrected chi connectivity index (χ4v) is 4.70. The van der Waals surface area contributed by atoms with Crippen molar-refractivity contribution in [3.05, 3.63) is 35.2 Å². The van der Waals surface area contributed by atoms with E-state index in [1.807, 2.05) is 17.0 Å². The standard InChI is InChI=1S/C19H24N4O2S/c24-17(9-8-16-7-4-14-25-16)22-10-12-23(13-11-22)19-21-20-18(26-19)15-5-2-1-3-6-15/h4,7-9,14-15H,1-3,5-6,10-13H2/b9-8+. The lowest BCUT2D eigenvalue weighted by molar-refractivity contribution is -0.126. The summed E-state index contributed by atoms with van der Waals surface area (Å²) in [5.41, 5.74) is 0. The molecule has 2 aliphatic rings. The summed E-state index contributed by atoms with van der Waals surface area (Å²) in [6, 6.07) is 3.65. The molecule has 138 valence electrons. The van der Waals surface area contributed by atoms with Crippen LogP contribution in [0.2, 0.25) is 0 Å². The van der Waals surface area contributed by atoms with Crippen LogP contribution in [-0.2, 0) is 4.79 Å². The smallest absolute Gasteiger partial charge is 0.246 e. The van der Waals surface area contributed by atoms with Crippen molar-refractivity contribution in [2.45, 2.75) is 38.0 Å². The average molecular weight is 372 g/mol. The Balaban J connectivity index is 1.30. The van der Waals surface area contributed by atoms with Crippen molar-refractivity contribution in [3.63, 3.8) is 0 Å². The number of rotatable bonds is 4. The monoisotopic (exact) mass is 372 g/mol. The van der Waals surface area contributed by atoms with Crippen molar-refractivity contribution in [1.29, 1.82) is 0 Å². The van der Waals surface area contributed by atoms with Crippen LogP contribution in [0.4, 0.5) is 5.13 Å². The van der Waals surface area contributed by atoms with Gasteiger partial charge < -0.3 is 14.2 Å². The van der Waals surface area contributed by atoms with Crippen molar-refractivity contribution in [3.8, 4) is 0 Å². The van der Waals surface area contributed by atoms with Gasteiger partial charge in [-0.25, -0.2) is 0 Å². The summed E-state index contributed by atoms with van der Waals surface area (Å²) in [5, 5.41) is 11.1. The van der Waals surface area contributed by atoms with E-state index in [9.17, 15) is 4.79 Å². The fourth-order valence-electron chi connectivity index (χ4n) is 3.63. The number of anilines is 1. The van der Waals surface area contributed by atoms with Crippen molar-refractivity contribution < 1.29 is 9.21 Å². The molecule has 1 saturated carbocycles. The van der Waals surface area contributed by atoms with Gasteiger partial charge in [0.2, 0.25) is 11.0 Å².